The fourth-order valence-corrected chi connectivity index (χ4v) is 1.87. The minimum Gasteiger partial charge on any atom is -0.496 e. The molecule has 0 aliphatic carbocycles. The van der Waals surface area contributed by atoms with Crippen molar-refractivity contribution in [1.82, 2.24) is 4.90 Å². The molecule has 0 saturated heterocycles. The molecule has 0 fully saturated rings. The van der Waals surface area contributed by atoms with Gasteiger partial charge in [-0.25, -0.2) is 0 Å². The monoisotopic (exact) mass is 262 g/mol. The average Bonchev–Trinajstić information content (AvgIpc) is 2.38. The summed E-state index contributed by atoms with van der Waals surface area (Å²) in [5.41, 5.74) is 1.44. The molecule has 0 aliphatic rings. The first-order valence-electron chi connectivity index (χ1n) is 5.96. The second-order valence-corrected chi connectivity index (χ2v) is 4.57. The van der Waals surface area contributed by atoms with Gasteiger partial charge in [-0.2, -0.15) is 5.26 Å². The van der Waals surface area contributed by atoms with E-state index in [1.165, 1.54) is 0 Å². The molecule has 1 unspecified atom stereocenters. The van der Waals surface area contributed by atoms with Gasteiger partial charge < -0.3 is 14.7 Å². The largest absolute Gasteiger partial charge is 0.496 e. The lowest BCUT2D eigenvalue weighted by Gasteiger charge is -2.20. The summed E-state index contributed by atoms with van der Waals surface area (Å²) < 4.78 is 5.25. The highest BCUT2D eigenvalue weighted by molar-refractivity contribution is 5.69. The molecule has 1 atom stereocenters. The lowest BCUT2D eigenvalue weighted by molar-refractivity contribution is -0.141. The second kappa shape index (κ2) is 6.76. The zero-order valence-electron chi connectivity index (χ0n) is 11.4. The fraction of sp³-hybridized carbons (Fsp3) is 0.429. The molecule has 0 aliphatic heterocycles. The van der Waals surface area contributed by atoms with E-state index < -0.39 is 11.9 Å². The number of ether oxygens (including phenoxy) is 1. The molecule has 1 aromatic rings. The van der Waals surface area contributed by atoms with E-state index in [2.05, 4.69) is 6.07 Å². The van der Waals surface area contributed by atoms with Gasteiger partial charge in [0, 0.05) is 18.7 Å². The van der Waals surface area contributed by atoms with Gasteiger partial charge in [0.25, 0.3) is 0 Å². The van der Waals surface area contributed by atoms with Gasteiger partial charge in [0.1, 0.15) is 5.75 Å². The Bertz CT molecular complexity index is 494. The SMILES string of the molecule is COc1ccc(C#N)cc1CN(C)CC(C)C(=O)O. The first kappa shape index (κ1) is 15.0. The zero-order chi connectivity index (χ0) is 14.4. The Kier molecular flexibility index (Phi) is 5.34. The molecule has 0 radical (unpaired) electrons. The Morgan fingerprint density at radius 3 is 2.79 bits per heavy atom. The van der Waals surface area contributed by atoms with Crippen LogP contribution in [0.25, 0.3) is 0 Å². The predicted molar refractivity (Wildman–Crippen MR) is 70.8 cm³/mol. The highest BCUT2D eigenvalue weighted by Gasteiger charge is 2.15. The summed E-state index contributed by atoms with van der Waals surface area (Å²) in [6.45, 7) is 2.65. The Morgan fingerprint density at radius 1 is 1.58 bits per heavy atom. The zero-order valence-corrected chi connectivity index (χ0v) is 11.4. The first-order valence-corrected chi connectivity index (χ1v) is 5.96. The molecule has 19 heavy (non-hydrogen) atoms. The molecule has 0 aromatic heterocycles. The molecule has 1 aromatic carbocycles. The molecule has 0 spiro atoms. The molecule has 102 valence electrons. The molecule has 0 amide bonds. The maximum absolute atomic E-state index is 10.8. The van der Waals surface area contributed by atoms with Crippen LogP contribution in [-0.2, 0) is 11.3 Å². The van der Waals surface area contributed by atoms with Gasteiger partial charge in [-0.05, 0) is 25.2 Å². The van der Waals surface area contributed by atoms with Crippen molar-refractivity contribution in [3.8, 4) is 11.8 Å². The number of aliphatic carboxylic acids is 1. The van der Waals surface area contributed by atoms with Crippen LogP contribution in [0.1, 0.15) is 18.1 Å². The minimum absolute atomic E-state index is 0.435. The van der Waals surface area contributed by atoms with Crippen LogP contribution in [0.3, 0.4) is 0 Å². The average molecular weight is 262 g/mol. The Hall–Kier alpha value is -2.06. The third kappa shape index (κ3) is 4.27. The standard InChI is InChI=1S/C14H18N2O3/c1-10(14(17)18)8-16(2)9-12-6-11(7-15)4-5-13(12)19-3/h4-6,10H,8-9H2,1-3H3,(H,17,18). The normalized spacial score (nSPS) is 11.9. The summed E-state index contributed by atoms with van der Waals surface area (Å²) in [6.07, 6.45) is 0. The molecule has 1 rings (SSSR count). The van der Waals surface area contributed by atoms with Gasteiger partial charge in [-0.3, -0.25) is 4.79 Å². The maximum atomic E-state index is 10.8. The number of carbonyl (C=O) groups is 1. The van der Waals surface area contributed by atoms with E-state index >= 15 is 0 Å². The Morgan fingerprint density at radius 2 is 2.26 bits per heavy atom. The van der Waals surface area contributed by atoms with Crippen molar-refractivity contribution in [1.29, 1.82) is 5.26 Å². The number of carboxylic acids is 1. The van der Waals surface area contributed by atoms with Gasteiger partial charge in [-0.15, -0.1) is 0 Å². The Labute approximate surface area is 113 Å². The lowest BCUT2D eigenvalue weighted by atomic mass is 10.1. The minimum atomic E-state index is -0.815. The molecular formula is C14H18N2O3. The molecule has 5 heteroatoms. The number of hydrogen-bond donors (Lipinski definition) is 1. The van der Waals surface area contributed by atoms with E-state index in [9.17, 15) is 4.79 Å². The van der Waals surface area contributed by atoms with E-state index in [-0.39, 0.29) is 0 Å². The van der Waals surface area contributed by atoms with Crippen molar-refractivity contribution in [3.05, 3.63) is 29.3 Å². The van der Waals surface area contributed by atoms with Crippen LogP contribution in [0, 0.1) is 17.2 Å². The number of rotatable bonds is 6. The van der Waals surface area contributed by atoms with E-state index in [4.69, 9.17) is 15.1 Å². The van der Waals surface area contributed by atoms with Crippen molar-refractivity contribution in [2.24, 2.45) is 5.92 Å². The third-order valence-corrected chi connectivity index (χ3v) is 2.86. The lowest BCUT2D eigenvalue weighted by Crippen LogP contribution is -2.28. The van der Waals surface area contributed by atoms with Gasteiger partial charge in [0.2, 0.25) is 0 Å². The number of nitriles is 1. The van der Waals surface area contributed by atoms with Crippen LogP contribution in [0.5, 0.6) is 5.75 Å². The number of benzene rings is 1. The van der Waals surface area contributed by atoms with Crippen molar-refractivity contribution in [3.63, 3.8) is 0 Å². The van der Waals surface area contributed by atoms with Crippen LogP contribution in [0.2, 0.25) is 0 Å². The highest BCUT2D eigenvalue weighted by Crippen LogP contribution is 2.21. The fourth-order valence-electron chi connectivity index (χ4n) is 1.87. The van der Waals surface area contributed by atoms with Gasteiger partial charge >= 0.3 is 5.97 Å². The van der Waals surface area contributed by atoms with Crippen LogP contribution in [-0.4, -0.2) is 36.7 Å². The van der Waals surface area contributed by atoms with Crippen molar-refractivity contribution < 1.29 is 14.6 Å². The van der Waals surface area contributed by atoms with Crippen molar-refractivity contribution >= 4 is 5.97 Å². The number of methoxy groups -OCH3 is 1. The first-order chi connectivity index (χ1) is 8.97. The van der Waals surface area contributed by atoms with E-state index in [0.29, 0.717) is 24.4 Å². The molecule has 0 bridgehead atoms. The van der Waals surface area contributed by atoms with Crippen LogP contribution in [0.4, 0.5) is 0 Å². The topological polar surface area (TPSA) is 73.6 Å². The van der Waals surface area contributed by atoms with Crippen molar-refractivity contribution in [2.75, 3.05) is 20.7 Å². The van der Waals surface area contributed by atoms with Crippen LogP contribution in [0.15, 0.2) is 18.2 Å². The predicted octanol–water partition coefficient (Wildman–Crippen LogP) is 1.72. The summed E-state index contributed by atoms with van der Waals surface area (Å²) >= 11 is 0. The molecule has 5 nitrogen and oxygen atoms in total. The molecular weight excluding hydrogens is 244 g/mol. The number of hydrogen-bond acceptors (Lipinski definition) is 4. The number of nitrogens with zero attached hydrogens (tertiary/aromatic N) is 2. The molecule has 0 heterocycles. The summed E-state index contributed by atoms with van der Waals surface area (Å²) in [5, 5.41) is 17.8. The van der Waals surface area contributed by atoms with E-state index in [0.717, 1.165) is 5.56 Å². The summed E-state index contributed by atoms with van der Waals surface area (Å²) in [4.78, 5) is 12.7. The van der Waals surface area contributed by atoms with Crippen LogP contribution >= 0.6 is 0 Å². The van der Waals surface area contributed by atoms with Gasteiger partial charge in [-0.1, -0.05) is 6.92 Å². The van der Waals surface area contributed by atoms with Crippen molar-refractivity contribution in [2.45, 2.75) is 13.5 Å². The highest BCUT2D eigenvalue weighted by atomic mass is 16.5. The van der Waals surface area contributed by atoms with E-state index in [1.807, 2.05) is 11.9 Å². The summed E-state index contributed by atoms with van der Waals surface area (Å²) in [5.74, 6) is -0.548. The third-order valence-electron chi connectivity index (χ3n) is 2.86. The molecule has 0 saturated carbocycles. The van der Waals surface area contributed by atoms with E-state index in [1.54, 1.807) is 32.2 Å². The quantitative estimate of drug-likeness (QED) is 0.845. The summed E-state index contributed by atoms with van der Waals surface area (Å²) in [7, 11) is 3.42. The van der Waals surface area contributed by atoms with Gasteiger partial charge in [0.05, 0.1) is 24.7 Å². The molecule has 1 N–H and O–H groups in total. The van der Waals surface area contributed by atoms with Crippen LogP contribution < -0.4 is 4.74 Å². The summed E-state index contributed by atoms with van der Waals surface area (Å²) in [6, 6.07) is 7.30. The van der Waals surface area contributed by atoms with Gasteiger partial charge in [0.15, 0.2) is 0 Å². The number of carboxylic acid groups (broad SMARTS) is 1. The smallest absolute Gasteiger partial charge is 0.307 e. The maximum Gasteiger partial charge on any atom is 0.307 e. The Balaban J connectivity index is 2.80. The second-order valence-electron chi connectivity index (χ2n) is 4.57.